The number of rotatable bonds is 3. The molecule has 1 aromatic heterocycles. The van der Waals surface area contributed by atoms with E-state index in [1.54, 1.807) is 0 Å². The van der Waals surface area contributed by atoms with Gasteiger partial charge in [-0.15, -0.1) is 0 Å². The van der Waals surface area contributed by atoms with Crippen LogP contribution in [0.3, 0.4) is 0 Å². The summed E-state index contributed by atoms with van der Waals surface area (Å²) in [6.45, 7) is 1.84. The largest absolute Gasteiger partial charge is 0.417 e. The van der Waals surface area contributed by atoms with E-state index in [-0.39, 0.29) is 24.5 Å². The van der Waals surface area contributed by atoms with Gasteiger partial charge < -0.3 is 20.1 Å². The van der Waals surface area contributed by atoms with E-state index in [2.05, 4.69) is 10.3 Å². The molecule has 0 spiro atoms. The van der Waals surface area contributed by atoms with Crippen LogP contribution >= 0.6 is 0 Å². The van der Waals surface area contributed by atoms with Crippen LogP contribution < -0.4 is 10.2 Å². The number of aromatic nitrogens is 1. The van der Waals surface area contributed by atoms with Crippen molar-refractivity contribution in [1.82, 2.24) is 10.3 Å². The predicted molar refractivity (Wildman–Crippen MR) is 87.5 cm³/mol. The molecule has 3 heterocycles. The molecule has 1 aromatic rings. The summed E-state index contributed by atoms with van der Waals surface area (Å²) < 4.78 is 42.9. The average molecular weight is 373 g/mol. The SMILES string of the molecule is O=C(N[C@@H]1CCOC[C@H]1O)C1CCN(c2ccc(C(F)(F)F)cn2)CC1. The van der Waals surface area contributed by atoms with Crippen LogP contribution in [0.2, 0.25) is 0 Å². The van der Waals surface area contributed by atoms with Gasteiger partial charge in [0.1, 0.15) is 5.82 Å². The molecular formula is C17H22F3N3O3. The fourth-order valence-corrected chi connectivity index (χ4v) is 3.30. The van der Waals surface area contributed by atoms with E-state index >= 15 is 0 Å². The highest BCUT2D eigenvalue weighted by atomic mass is 19.4. The zero-order valence-electron chi connectivity index (χ0n) is 14.2. The van der Waals surface area contributed by atoms with Crippen molar-refractivity contribution in [3.05, 3.63) is 23.9 Å². The number of aliphatic hydroxyl groups is 1. The number of carbonyl (C=O) groups is 1. The number of hydrogen-bond donors (Lipinski definition) is 2. The molecule has 0 radical (unpaired) electrons. The Morgan fingerprint density at radius 2 is 2.00 bits per heavy atom. The third-order valence-corrected chi connectivity index (χ3v) is 4.92. The summed E-state index contributed by atoms with van der Waals surface area (Å²) in [5.74, 6) is 0.225. The fraction of sp³-hybridized carbons (Fsp3) is 0.647. The van der Waals surface area contributed by atoms with Gasteiger partial charge in [-0.05, 0) is 31.4 Å². The summed E-state index contributed by atoms with van der Waals surface area (Å²) in [4.78, 5) is 18.2. The maximum atomic E-state index is 12.6. The van der Waals surface area contributed by atoms with Gasteiger partial charge in [-0.3, -0.25) is 4.79 Å². The maximum absolute atomic E-state index is 12.6. The van der Waals surface area contributed by atoms with Crippen LogP contribution in [0.4, 0.5) is 19.0 Å². The third kappa shape index (κ3) is 4.45. The maximum Gasteiger partial charge on any atom is 0.417 e. The molecule has 0 bridgehead atoms. The molecule has 3 rings (SSSR count). The quantitative estimate of drug-likeness (QED) is 0.842. The second-order valence-corrected chi connectivity index (χ2v) is 6.71. The Morgan fingerprint density at radius 3 is 2.58 bits per heavy atom. The summed E-state index contributed by atoms with van der Waals surface area (Å²) in [5.41, 5.74) is -0.773. The van der Waals surface area contributed by atoms with Gasteiger partial charge >= 0.3 is 6.18 Å². The first kappa shape index (κ1) is 18.9. The van der Waals surface area contributed by atoms with E-state index in [0.717, 1.165) is 12.3 Å². The van der Waals surface area contributed by atoms with Gasteiger partial charge in [0.2, 0.25) is 5.91 Å². The fourth-order valence-electron chi connectivity index (χ4n) is 3.30. The Bertz CT molecular complexity index is 616. The van der Waals surface area contributed by atoms with E-state index in [4.69, 9.17) is 4.74 Å². The van der Waals surface area contributed by atoms with Crippen molar-refractivity contribution in [2.45, 2.75) is 37.6 Å². The highest BCUT2D eigenvalue weighted by molar-refractivity contribution is 5.79. The summed E-state index contributed by atoms with van der Waals surface area (Å²) in [5, 5.41) is 12.7. The standard InChI is InChI=1S/C17H22F3N3O3/c18-17(19,20)12-1-2-15(21-9-12)23-6-3-11(4-7-23)16(25)22-13-5-8-26-10-14(13)24/h1-2,9,11,13-14,24H,3-8,10H2,(H,22,25)/t13-,14-/m1/s1. The number of halogens is 3. The van der Waals surface area contributed by atoms with Crippen LogP contribution in [0.1, 0.15) is 24.8 Å². The molecule has 0 aromatic carbocycles. The van der Waals surface area contributed by atoms with Gasteiger partial charge in [0.25, 0.3) is 0 Å². The summed E-state index contributed by atoms with van der Waals surface area (Å²) in [6, 6.07) is 2.10. The Kier molecular flexibility index (Phi) is 5.67. The van der Waals surface area contributed by atoms with Gasteiger partial charge in [0.15, 0.2) is 0 Å². The zero-order valence-corrected chi connectivity index (χ0v) is 14.2. The van der Waals surface area contributed by atoms with Gasteiger partial charge in [-0.2, -0.15) is 13.2 Å². The molecule has 2 N–H and O–H groups in total. The first-order valence-corrected chi connectivity index (χ1v) is 8.69. The van der Waals surface area contributed by atoms with Crippen molar-refractivity contribution in [2.24, 2.45) is 5.92 Å². The van der Waals surface area contributed by atoms with E-state index in [0.29, 0.717) is 44.8 Å². The highest BCUT2D eigenvalue weighted by Gasteiger charge is 2.32. The van der Waals surface area contributed by atoms with E-state index in [9.17, 15) is 23.1 Å². The molecule has 0 aliphatic carbocycles. The van der Waals surface area contributed by atoms with E-state index < -0.39 is 17.8 Å². The van der Waals surface area contributed by atoms with Crippen molar-refractivity contribution < 1.29 is 27.8 Å². The number of alkyl halides is 3. The van der Waals surface area contributed by atoms with Gasteiger partial charge in [0, 0.05) is 31.8 Å². The molecule has 144 valence electrons. The number of ether oxygens (including phenoxy) is 1. The van der Waals surface area contributed by atoms with Gasteiger partial charge in [0.05, 0.1) is 24.3 Å². The number of anilines is 1. The zero-order chi connectivity index (χ0) is 18.7. The topological polar surface area (TPSA) is 74.7 Å². The first-order valence-electron chi connectivity index (χ1n) is 8.69. The Balaban J connectivity index is 1.51. The Labute approximate surface area is 149 Å². The molecule has 2 aliphatic heterocycles. The third-order valence-electron chi connectivity index (χ3n) is 4.92. The van der Waals surface area contributed by atoms with Crippen molar-refractivity contribution in [2.75, 3.05) is 31.2 Å². The highest BCUT2D eigenvalue weighted by Crippen LogP contribution is 2.30. The van der Waals surface area contributed by atoms with Crippen molar-refractivity contribution in [1.29, 1.82) is 0 Å². The minimum absolute atomic E-state index is 0.0871. The summed E-state index contributed by atoms with van der Waals surface area (Å²) >= 11 is 0. The molecule has 1 amide bonds. The summed E-state index contributed by atoms with van der Waals surface area (Å²) in [6.07, 6.45) is -2.49. The minimum atomic E-state index is -4.40. The molecule has 2 aliphatic rings. The molecule has 2 saturated heterocycles. The number of nitrogens with one attached hydrogen (secondary N) is 1. The number of amides is 1. The number of nitrogens with zero attached hydrogens (tertiary/aromatic N) is 2. The molecule has 2 atom stereocenters. The second kappa shape index (κ2) is 7.79. The van der Waals surface area contributed by atoms with Crippen LogP contribution in [0.5, 0.6) is 0 Å². The second-order valence-electron chi connectivity index (χ2n) is 6.71. The first-order chi connectivity index (χ1) is 12.3. The lowest BCUT2D eigenvalue weighted by atomic mass is 9.94. The predicted octanol–water partition coefficient (Wildman–Crippen LogP) is 1.58. The summed E-state index contributed by atoms with van der Waals surface area (Å²) in [7, 11) is 0. The van der Waals surface area contributed by atoms with Crippen LogP contribution in [-0.2, 0) is 15.7 Å². The van der Waals surface area contributed by atoms with Crippen molar-refractivity contribution >= 4 is 11.7 Å². The Hall–Kier alpha value is -1.87. The molecule has 26 heavy (non-hydrogen) atoms. The Morgan fingerprint density at radius 1 is 1.27 bits per heavy atom. The van der Waals surface area contributed by atoms with Crippen LogP contribution in [0.15, 0.2) is 18.3 Å². The van der Waals surface area contributed by atoms with Crippen LogP contribution in [0.25, 0.3) is 0 Å². The number of piperidine rings is 1. The molecule has 6 nitrogen and oxygen atoms in total. The lowest BCUT2D eigenvalue weighted by Crippen LogP contribution is -2.51. The van der Waals surface area contributed by atoms with Gasteiger partial charge in [-0.25, -0.2) is 4.98 Å². The monoisotopic (exact) mass is 373 g/mol. The molecule has 9 heteroatoms. The van der Waals surface area contributed by atoms with Crippen LogP contribution in [0, 0.1) is 5.92 Å². The average Bonchev–Trinajstić information content (AvgIpc) is 2.63. The number of pyridine rings is 1. The normalized spacial score (nSPS) is 25.2. The van der Waals surface area contributed by atoms with E-state index in [1.807, 2.05) is 4.90 Å². The van der Waals surface area contributed by atoms with Crippen molar-refractivity contribution in [3.63, 3.8) is 0 Å². The smallest absolute Gasteiger partial charge is 0.389 e. The number of hydrogen-bond acceptors (Lipinski definition) is 5. The molecule has 0 unspecified atom stereocenters. The van der Waals surface area contributed by atoms with Crippen molar-refractivity contribution in [3.8, 4) is 0 Å². The lowest BCUT2D eigenvalue weighted by molar-refractivity contribution is -0.137. The van der Waals surface area contributed by atoms with Gasteiger partial charge in [-0.1, -0.05) is 0 Å². The molecule has 2 fully saturated rings. The molecular weight excluding hydrogens is 351 g/mol. The number of aliphatic hydroxyl groups excluding tert-OH is 1. The lowest BCUT2D eigenvalue weighted by Gasteiger charge is -2.34. The minimum Gasteiger partial charge on any atom is -0.389 e. The molecule has 0 saturated carbocycles. The van der Waals surface area contributed by atoms with Crippen LogP contribution in [-0.4, -0.2) is 54.4 Å². The van der Waals surface area contributed by atoms with E-state index in [1.165, 1.54) is 6.07 Å². The number of carbonyl (C=O) groups excluding carboxylic acids is 1.